The third kappa shape index (κ3) is 3.40. The van der Waals surface area contributed by atoms with Crippen LogP contribution in [0.4, 0.5) is 0 Å². The molecule has 0 saturated heterocycles. The number of amides is 1. The van der Waals surface area contributed by atoms with E-state index in [0.717, 1.165) is 28.2 Å². The van der Waals surface area contributed by atoms with Gasteiger partial charge in [0.2, 0.25) is 0 Å². The lowest BCUT2D eigenvalue weighted by molar-refractivity contribution is 0.0957. The van der Waals surface area contributed by atoms with Crippen molar-refractivity contribution in [3.05, 3.63) is 57.5 Å². The number of rotatable bonds is 5. The normalized spacial score (nSPS) is 10.6. The number of carbonyl (C=O) groups excluding carboxylic acids is 1. The van der Waals surface area contributed by atoms with Crippen molar-refractivity contribution in [3.8, 4) is 10.6 Å². The maximum absolute atomic E-state index is 12.3. The van der Waals surface area contributed by atoms with Gasteiger partial charge in [-0.2, -0.15) is 11.3 Å². The number of hydrogen-bond acceptors (Lipinski definition) is 5. The molecule has 0 atom stereocenters. The number of hydrogen-bond donors (Lipinski definition) is 1. The molecule has 1 amide bonds. The summed E-state index contributed by atoms with van der Waals surface area (Å²) in [6, 6.07) is 5.93. The van der Waals surface area contributed by atoms with Crippen molar-refractivity contribution >= 4 is 28.6 Å². The maximum atomic E-state index is 12.3. The Hall–Kier alpha value is -2.05. The van der Waals surface area contributed by atoms with Gasteiger partial charge in [-0.1, -0.05) is 6.07 Å². The first-order chi connectivity index (χ1) is 10.7. The first-order valence-electron chi connectivity index (χ1n) is 6.91. The van der Waals surface area contributed by atoms with Crippen LogP contribution in [0.3, 0.4) is 0 Å². The third-order valence-corrected chi connectivity index (χ3v) is 5.08. The molecule has 6 heteroatoms. The van der Waals surface area contributed by atoms with Crippen molar-refractivity contribution < 1.29 is 4.79 Å². The highest BCUT2D eigenvalue weighted by Crippen LogP contribution is 2.29. The number of aromatic nitrogens is 2. The summed E-state index contributed by atoms with van der Waals surface area (Å²) < 4.78 is 0. The fourth-order valence-corrected chi connectivity index (χ4v) is 3.76. The van der Waals surface area contributed by atoms with E-state index >= 15 is 0 Å². The largest absolute Gasteiger partial charge is 0.351 e. The molecule has 0 aromatic carbocycles. The van der Waals surface area contributed by atoms with Gasteiger partial charge in [-0.15, -0.1) is 11.3 Å². The van der Waals surface area contributed by atoms with Crippen molar-refractivity contribution in [3.63, 3.8) is 0 Å². The van der Waals surface area contributed by atoms with Crippen LogP contribution in [0.15, 0.2) is 41.4 Å². The monoisotopic (exact) mass is 329 g/mol. The minimum Gasteiger partial charge on any atom is -0.351 e. The molecule has 0 fully saturated rings. The van der Waals surface area contributed by atoms with Gasteiger partial charge in [0.05, 0.1) is 5.69 Å². The van der Waals surface area contributed by atoms with Crippen molar-refractivity contribution in [2.75, 3.05) is 6.54 Å². The zero-order valence-electron chi connectivity index (χ0n) is 12.1. The third-order valence-electron chi connectivity index (χ3n) is 3.19. The zero-order chi connectivity index (χ0) is 15.4. The molecular formula is C16H15N3OS2. The molecule has 0 spiro atoms. The van der Waals surface area contributed by atoms with Crippen LogP contribution in [0.25, 0.3) is 10.6 Å². The van der Waals surface area contributed by atoms with E-state index in [1.165, 1.54) is 11.3 Å². The highest BCUT2D eigenvalue weighted by atomic mass is 32.1. The number of aryl methyl sites for hydroxylation is 1. The van der Waals surface area contributed by atoms with Crippen LogP contribution < -0.4 is 5.32 Å². The number of thiophene rings is 1. The molecule has 112 valence electrons. The molecule has 0 unspecified atom stereocenters. The number of pyridine rings is 1. The quantitative estimate of drug-likeness (QED) is 0.779. The number of nitrogens with one attached hydrogen (secondary N) is 1. The molecule has 1 N–H and O–H groups in total. The fraction of sp³-hybridized carbons (Fsp3) is 0.188. The second kappa shape index (κ2) is 6.81. The summed E-state index contributed by atoms with van der Waals surface area (Å²) in [4.78, 5) is 21.5. The molecule has 3 aromatic rings. The molecule has 3 rings (SSSR count). The van der Waals surface area contributed by atoms with Crippen LogP contribution in [-0.2, 0) is 6.42 Å². The Balaban J connectivity index is 1.63. The highest BCUT2D eigenvalue weighted by Gasteiger charge is 2.15. The van der Waals surface area contributed by atoms with Crippen LogP contribution in [-0.4, -0.2) is 22.4 Å². The van der Waals surface area contributed by atoms with Crippen LogP contribution >= 0.6 is 22.7 Å². The van der Waals surface area contributed by atoms with Gasteiger partial charge in [0.25, 0.3) is 5.91 Å². The highest BCUT2D eigenvalue weighted by molar-refractivity contribution is 7.17. The average Bonchev–Trinajstić information content (AvgIpc) is 3.17. The Morgan fingerprint density at radius 2 is 2.27 bits per heavy atom. The lowest BCUT2D eigenvalue weighted by atomic mass is 10.2. The van der Waals surface area contributed by atoms with E-state index < -0.39 is 0 Å². The van der Waals surface area contributed by atoms with E-state index in [1.807, 2.05) is 42.1 Å². The molecule has 0 bridgehead atoms. The van der Waals surface area contributed by atoms with Gasteiger partial charge in [0.1, 0.15) is 9.88 Å². The minimum atomic E-state index is -0.0552. The van der Waals surface area contributed by atoms with Crippen molar-refractivity contribution in [2.45, 2.75) is 13.3 Å². The van der Waals surface area contributed by atoms with E-state index in [-0.39, 0.29) is 5.91 Å². The van der Waals surface area contributed by atoms with E-state index in [9.17, 15) is 4.79 Å². The number of nitrogens with zero attached hydrogens (tertiary/aromatic N) is 2. The van der Waals surface area contributed by atoms with E-state index in [1.54, 1.807) is 17.5 Å². The second-order valence-corrected chi connectivity index (χ2v) is 6.59. The van der Waals surface area contributed by atoms with Crippen molar-refractivity contribution in [2.24, 2.45) is 0 Å². The van der Waals surface area contributed by atoms with Crippen molar-refractivity contribution in [1.82, 2.24) is 15.3 Å². The smallest absolute Gasteiger partial charge is 0.263 e. The summed E-state index contributed by atoms with van der Waals surface area (Å²) >= 11 is 3.07. The van der Waals surface area contributed by atoms with Crippen molar-refractivity contribution in [1.29, 1.82) is 0 Å². The molecule has 0 aliphatic rings. The molecule has 0 aliphatic carbocycles. The topological polar surface area (TPSA) is 54.9 Å². The van der Waals surface area contributed by atoms with E-state index in [2.05, 4.69) is 15.3 Å². The Bertz CT molecular complexity index is 751. The molecule has 3 aromatic heterocycles. The maximum Gasteiger partial charge on any atom is 0.263 e. The number of carbonyl (C=O) groups is 1. The first-order valence-corrected chi connectivity index (χ1v) is 8.67. The summed E-state index contributed by atoms with van der Waals surface area (Å²) in [5, 5.41) is 7.91. The summed E-state index contributed by atoms with van der Waals surface area (Å²) in [5.74, 6) is -0.0552. The molecular weight excluding hydrogens is 314 g/mol. The van der Waals surface area contributed by atoms with Gasteiger partial charge in [-0.3, -0.25) is 9.78 Å². The van der Waals surface area contributed by atoms with E-state index in [0.29, 0.717) is 11.4 Å². The van der Waals surface area contributed by atoms with Crippen LogP contribution in [0, 0.1) is 6.92 Å². The molecule has 3 heterocycles. The number of thiazole rings is 1. The summed E-state index contributed by atoms with van der Waals surface area (Å²) in [6.45, 7) is 2.47. The Labute approximate surface area is 136 Å². The minimum absolute atomic E-state index is 0.0552. The first kappa shape index (κ1) is 14.9. The zero-order valence-corrected chi connectivity index (χ0v) is 13.7. The predicted molar refractivity (Wildman–Crippen MR) is 90.4 cm³/mol. The molecule has 0 saturated carbocycles. The van der Waals surface area contributed by atoms with Gasteiger partial charge in [0.15, 0.2) is 0 Å². The van der Waals surface area contributed by atoms with Gasteiger partial charge in [-0.05, 0) is 36.4 Å². The second-order valence-electron chi connectivity index (χ2n) is 4.81. The fourth-order valence-electron chi connectivity index (χ4n) is 2.06. The molecule has 4 nitrogen and oxygen atoms in total. The Morgan fingerprint density at radius 3 is 3.00 bits per heavy atom. The lowest BCUT2D eigenvalue weighted by Gasteiger charge is -2.03. The van der Waals surface area contributed by atoms with Gasteiger partial charge >= 0.3 is 0 Å². The SMILES string of the molecule is Cc1nc(-c2ccsc2)sc1C(=O)NCCc1cccnc1. The Kier molecular flexibility index (Phi) is 4.60. The van der Waals surface area contributed by atoms with Crippen LogP contribution in [0.1, 0.15) is 20.9 Å². The Morgan fingerprint density at radius 1 is 1.36 bits per heavy atom. The van der Waals surface area contributed by atoms with Crippen LogP contribution in [0.2, 0.25) is 0 Å². The summed E-state index contributed by atoms with van der Waals surface area (Å²) in [6.07, 6.45) is 4.34. The summed E-state index contributed by atoms with van der Waals surface area (Å²) in [7, 11) is 0. The molecule has 22 heavy (non-hydrogen) atoms. The predicted octanol–water partition coefficient (Wildman–Crippen LogP) is 3.55. The van der Waals surface area contributed by atoms with E-state index in [4.69, 9.17) is 0 Å². The van der Waals surface area contributed by atoms with Gasteiger partial charge < -0.3 is 5.32 Å². The summed E-state index contributed by atoms with van der Waals surface area (Å²) in [5.41, 5.74) is 2.97. The molecule has 0 radical (unpaired) electrons. The van der Waals surface area contributed by atoms with Crippen LogP contribution in [0.5, 0.6) is 0 Å². The average molecular weight is 329 g/mol. The lowest BCUT2D eigenvalue weighted by Crippen LogP contribution is -2.25. The van der Waals surface area contributed by atoms with Gasteiger partial charge in [-0.25, -0.2) is 4.98 Å². The molecule has 0 aliphatic heterocycles. The standard InChI is InChI=1S/C16H15N3OS2/c1-11-14(22-16(19-11)13-5-8-21-10-13)15(20)18-7-4-12-3-2-6-17-9-12/h2-3,5-6,8-10H,4,7H2,1H3,(H,18,20). The van der Waals surface area contributed by atoms with Gasteiger partial charge in [0, 0.05) is 29.9 Å².